The summed E-state index contributed by atoms with van der Waals surface area (Å²) in [5.74, 6) is -0.714. The normalized spacial score (nSPS) is 25.8. The third-order valence-electron chi connectivity index (χ3n) is 9.73. The molecular formula is C36H45N5O8S2. The molecule has 6 rings (SSSR count). The fourth-order valence-electron chi connectivity index (χ4n) is 6.76. The van der Waals surface area contributed by atoms with Crippen LogP contribution in [0.1, 0.15) is 70.1 Å². The van der Waals surface area contributed by atoms with Crippen molar-refractivity contribution in [2.45, 2.75) is 89.5 Å². The zero-order chi connectivity index (χ0) is 36.7. The summed E-state index contributed by atoms with van der Waals surface area (Å²) < 4.78 is 44.3. The van der Waals surface area contributed by atoms with Crippen molar-refractivity contribution in [1.82, 2.24) is 24.9 Å². The molecule has 5 unspecified atom stereocenters. The number of amides is 3. The van der Waals surface area contributed by atoms with Crippen LogP contribution in [0.5, 0.6) is 11.5 Å². The lowest BCUT2D eigenvalue weighted by Crippen LogP contribution is -2.57. The van der Waals surface area contributed by atoms with Gasteiger partial charge < -0.3 is 24.4 Å². The number of nitrogens with zero attached hydrogens (tertiary/aromatic N) is 3. The highest BCUT2D eigenvalue weighted by molar-refractivity contribution is 7.89. The Morgan fingerprint density at radius 3 is 2.69 bits per heavy atom. The highest BCUT2D eigenvalue weighted by Gasteiger charge is 2.61. The lowest BCUT2D eigenvalue weighted by molar-refractivity contribution is -0.147. The molecule has 2 N–H and O–H groups in total. The van der Waals surface area contributed by atoms with Crippen molar-refractivity contribution in [1.29, 1.82) is 0 Å². The highest BCUT2D eigenvalue weighted by atomic mass is 32.2. The van der Waals surface area contributed by atoms with E-state index in [0.717, 1.165) is 40.7 Å². The average molecular weight is 740 g/mol. The van der Waals surface area contributed by atoms with Gasteiger partial charge in [-0.15, -0.1) is 11.3 Å². The van der Waals surface area contributed by atoms with E-state index in [4.69, 9.17) is 24.2 Å². The number of nitrogens with one attached hydrogen (secondary N) is 2. The van der Waals surface area contributed by atoms with E-state index in [1.807, 2.05) is 47.4 Å². The molecule has 1 saturated carbocycles. The monoisotopic (exact) mass is 739 g/mol. The summed E-state index contributed by atoms with van der Waals surface area (Å²) in [5.41, 5.74) is 1.63. The minimum Gasteiger partial charge on any atom is -0.496 e. The molecule has 3 aliphatic rings. The van der Waals surface area contributed by atoms with E-state index in [1.54, 1.807) is 14.0 Å². The minimum absolute atomic E-state index is 0.0829. The van der Waals surface area contributed by atoms with Gasteiger partial charge in [-0.2, -0.15) is 0 Å². The maximum atomic E-state index is 14.1. The summed E-state index contributed by atoms with van der Waals surface area (Å²) >= 11 is 1.49. The summed E-state index contributed by atoms with van der Waals surface area (Å²) in [6.07, 6.45) is 5.84. The molecule has 2 fully saturated rings. The first kappa shape index (κ1) is 36.7. The third kappa shape index (κ3) is 7.75. The predicted molar refractivity (Wildman–Crippen MR) is 193 cm³/mol. The molecule has 0 bridgehead atoms. The van der Waals surface area contributed by atoms with E-state index in [1.165, 1.54) is 16.2 Å². The molecule has 2 aromatic heterocycles. The molecule has 274 valence electrons. The van der Waals surface area contributed by atoms with E-state index in [9.17, 15) is 22.8 Å². The molecule has 1 aromatic carbocycles. The van der Waals surface area contributed by atoms with Gasteiger partial charge in [0.25, 0.3) is 11.8 Å². The van der Waals surface area contributed by atoms with Crippen LogP contribution in [-0.4, -0.2) is 91.3 Å². The molecular weight excluding hydrogens is 695 g/mol. The fraction of sp³-hybridized carbons (Fsp3) is 0.528. The number of hydrogen-bond acceptors (Lipinski definition) is 11. The molecule has 2 aliphatic heterocycles. The zero-order valence-electron chi connectivity index (χ0n) is 29.7. The van der Waals surface area contributed by atoms with E-state index in [-0.39, 0.29) is 31.2 Å². The number of hydrogen-bond donors (Lipinski definition) is 2. The number of thiazole rings is 1. The van der Waals surface area contributed by atoms with Gasteiger partial charge in [-0.3, -0.25) is 19.1 Å². The molecule has 1 saturated heterocycles. The lowest BCUT2D eigenvalue weighted by atomic mass is 10.1. The third-order valence-corrected chi connectivity index (χ3v) is 11.2. The van der Waals surface area contributed by atoms with Crippen LogP contribution in [0.15, 0.2) is 35.7 Å². The fourth-order valence-corrected chi connectivity index (χ4v) is 8.22. The van der Waals surface area contributed by atoms with Crippen LogP contribution in [0, 0.1) is 12.8 Å². The number of fused-ring (bicyclic) bond motifs is 3. The number of aromatic nitrogens is 2. The predicted octanol–water partition coefficient (Wildman–Crippen LogP) is 4.24. The van der Waals surface area contributed by atoms with Gasteiger partial charge in [0.15, 0.2) is 0 Å². The molecule has 3 amide bonds. The Hall–Kier alpha value is -4.08. The van der Waals surface area contributed by atoms with E-state index in [2.05, 4.69) is 19.2 Å². The minimum atomic E-state index is -3.89. The molecule has 3 aromatic rings. The SMILES string of the molecule is COc1ccc2c(OC3CC4C(=O)NC5(C(=O)NS(C)(=O)=O)CC5C=CCCCCOC(C)C(=O)N4C3)cc(-c3nc(C(C)C)cs3)nc2c1C. The largest absolute Gasteiger partial charge is 0.496 e. The maximum Gasteiger partial charge on any atom is 0.259 e. The zero-order valence-corrected chi connectivity index (χ0v) is 31.4. The number of carbonyl (C=O) groups is 3. The number of aryl methyl sites for hydroxylation is 1. The number of sulfonamides is 1. The Bertz CT molecular complexity index is 1980. The summed E-state index contributed by atoms with van der Waals surface area (Å²) in [6, 6.07) is 4.56. The second-order valence-corrected chi connectivity index (χ2v) is 16.5. The van der Waals surface area contributed by atoms with Gasteiger partial charge in [-0.1, -0.05) is 26.0 Å². The molecule has 5 atom stereocenters. The molecule has 4 heterocycles. The Morgan fingerprint density at radius 1 is 1.20 bits per heavy atom. The lowest BCUT2D eigenvalue weighted by Gasteiger charge is -2.28. The van der Waals surface area contributed by atoms with Gasteiger partial charge in [-0.25, -0.2) is 18.4 Å². The number of benzene rings is 1. The van der Waals surface area contributed by atoms with Gasteiger partial charge in [0.2, 0.25) is 15.9 Å². The molecule has 0 spiro atoms. The van der Waals surface area contributed by atoms with Crippen molar-refractivity contribution in [2.75, 3.05) is 26.5 Å². The molecule has 1 aliphatic carbocycles. The maximum absolute atomic E-state index is 14.1. The first-order valence-corrected chi connectivity index (χ1v) is 20.0. The number of allylic oxidation sites excluding steroid dienone is 1. The van der Waals surface area contributed by atoms with Crippen LogP contribution in [0.4, 0.5) is 0 Å². The van der Waals surface area contributed by atoms with Crippen LogP contribution in [0.3, 0.4) is 0 Å². The standard InChI is InChI=1S/C36H45N5O8S2/c1-20(2)27-19-50-33(38-27)26-16-30(25-12-13-29(47-5)21(3)31(25)37-26)49-24-15-28-32(42)39-36(35(44)40-51(6,45)46)17-23(36)11-9-7-8-10-14-48-22(4)34(43)41(28)18-24/h9,11-13,16,19-20,22-24,28H,7-8,10,14-15,17-18H2,1-6H3,(H,39,42)(H,40,44). The number of carbonyl (C=O) groups excluding carboxylic acids is 3. The Morgan fingerprint density at radius 2 is 1.98 bits per heavy atom. The van der Waals surface area contributed by atoms with Gasteiger partial charge in [-0.05, 0) is 57.6 Å². The average Bonchev–Trinajstić information content (AvgIpc) is 3.37. The van der Waals surface area contributed by atoms with Crippen molar-refractivity contribution in [3.05, 3.63) is 47.0 Å². The first-order valence-electron chi connectivity index (χ1n) is 17.2. The van der Waals surface area contributed by atoms with Crippen LogP contribution in [-0.2, 0) is 29.1 Å². The van der Waals surface area contributed by atoms with Gasteiger partial charge >= 0.3 is 0 Å². The molecule has 15 heteroatoms. The smallest absolute Gasteiger partial charge is 0.259 e. The Kier molecular flexibility index (Phi) is 10.4. The van der Waals surface area contributed by atoms with E-state index < -0.39 is 51.5 Å². The summed E-state index contributed by atoms with van der Waals surface area (Å²) in [6.45, 7) is 8.21. The Labute approximate surface area is 302 Å². The second kappa shape index (κ2) is 14.5. The number of pyridine rings is 1. The van der Waals surface area contributed by atoms with Crippen molar-refractivity contribution >= 4 is 50.0 Å². The summed E-state index contributed by atoms with van der Waals surface area (Å²) in [7, 11) is -2.29. The van der Waals surface area contributed by atoms with Crippen LogP contribution in [0.2, 0.25) is 0 Å². The molecule has 51 heavy (non-hydrogen) atoms. The van der Waals surface area contributed by atoms with Gasteiger partial charge in [0, 0.05) is 41.3 Å². The topological polar surface area (TPSA) is 166 Å². The summed E-state index contributed by atoms with van der Waals surface area (Å²) in [4.78, 5) is 52.6. The Balaban J connectivity index is 1.35. The van der Waals surface area contributed by atoms with Gasteiger partial charge in [0.1, 0.15) is 46.0 Å². The van der Waals surface area contributed by atoms with Crippen LogP contribution >= 0.6 is 11.3 Å². The number of methoxy groups -OCH3 is 1. The van der Waals surface area contributed by atoms with Crippen molar-refractivity contribution in [3.8, 4) is 22.2 Å². The van der Waals surface area contributed by atoms with E-state index >= 15 is 0 Å². The quantitative estimate of drug-likeness (QED) is 0.335. The van der Waals surface area contributed by atoms with E-state index in [0.29, 0.717) is 35.7 Å². The molecule has 0 radical (unpaired) electrons. The second-order valence-electron chi connectivity index (χ2n) is 13.9. The van der Waals surface area contributed by atoms with Gasteiger partial charge in [0.05, 0.1) is 31.1 Å². The number of ether oxygens (including phenoxy) is 3. The first-order chi connectivity index (χ1) is 24.2. The van der Waals surface area contributed by atoms with Crippen LogP contribution < -0.4 is 19.5 Å². The van der Waals surface area contributed by atoms with Crippen molar-refractivity contribution in [2.24, 2.45) is 5.92 Å². The summed E-state index contributed by atoms with van der Waals surface area (Å²) in [5, 5.41) is 6.34. The van der Waals surface area contributed by atoms with Crippen molar-refractivity contribution in [3.63, 3.8) is 0 Å². The number of rotatable bonds is 7. The van der Waals surface area contributed by atoms with Crippen LogP contribution in [0.25, 0.3) is 21.6 Å². The molecule has 13 nitrogen and oxygen atoms in total. The highest BCUT2D eigenvalue weighted by Crippen LogP contribution is 2.46. The van der Waals surface area contributed by atoms with Crippen molar-refractivity contribution < 1.29 is 37.0 Å².